The lowest BCUT2D eigenvalue weighted by Gasteiger charge is -2.13. The molecule has 0 aliphatic heterocycles. The molecule has 0 saturated carbocycles. The number of rotatable bonds is 6. The van der Waals surface area contributed by atoms with E-state index in [0.717, 1.165) is 77.3 Å². The van der Waals surface area contributed by atoms with E-state index in [9.17, 15) is 0 Å². The van der Waals surface area contributed by atoms with Gasteiger partial charge in [-0.1, -0.05) is 146 Å². The maximum absolute atomic E-state index is 6.45. The van der Waals surface area contributed by atoms with Crippen LogP contribution in [0.25, 0.3) is 112 Å². The van der Waals surface area contributed by atoms with E-state index < -0.39 is 0 Å². The van der Waals surface area contributed by atoms with Crippen LogP contribution >= 0.6 is 0 Å². The van der Waals surface area contributed by atoms with Gasteiger partial charge in [0.15, 0.2) is 23.1 Å². The standard InChI is InChI=1S/C50H30N4O2/c1-4-12-32(13-5-1)47-52-48(33-14-6-2-7-15-33)54-49(53-47)34-22-20-31(21-23-34)37-26-27-38(40-19-11-10-18-39(37)40)36-24-25-41-42-29-43-46(30-45(42)55-44(41)28-36)56-50(51-43)35-16-8-3-9-17-35/h1-30H. The molecule has 3 aromatic heterocycles. The zero-order valence-corrected chi connectivity index (χ0v) is 29.9. The van der Waals surface area contributed by atoms with Crippen LogP contribution in [-0.2, 0) is 0 Å². The number of furan rings is 1. The number of nitrogens with zero attached hydrogens (tertiary/aromatic N) is 4. The Kier molecular flexibility index (Phi) is 7.38. The van der Waals surface area contributed by atoms with E-state index in [0.29, 0.717) is 28.9 Å². The van der Waals surface area contributed by atoms with Gasteiger partial charge >= 0.3 is 0 Å². The molecule has 262 valence electrons. The minimum absolute atomic E-state index is 0.601. The second-order valence-electron chi connectivity index (χ2n) is 13.8. The zero-order valence-electron chi connectivity index (χ0n) is 29.9. The molecule has 6 heteroatoms. The van der Waals surface area contributed by atoms with E-state index in [1.807, 2.05) is 97.1 Å². The maximum Gasteiger partial charge on any atom is 0.227 e. The Morgan fingerprint density at radius 1 is 0.286 bits per heavy atom. The summed E-state index contributed by atoms with van der Waals surface area (Å²) in [6.45, 7) is 0. The molecule has 0 unspecified atom stereocenters. The summed E-state index contributed by atoms with van der Waals surface area (Å²) in [5.41, 5.74) is 11.3. The van der Waals surface area contributed by atoms with Crippen molar-refractivity contribution < 1.29 is 8.83 Å². The third-order valence-electron chi connectivity index (χ3n) is 10.4. The average Bonchev–Trinajstić information content (AvgIpc) is 3.86. The molecule has 0 aliphatic rings. The number of oxazole rings is 1. The molecular weight excluding hydrogens is 689 g/mol. The van der Waals surface area contributed by atoms with Gasteiger partial charge < -0.3 is 8.83 Å². The van der Waals surface area contributed by atoms with Crippen LogP contribution in [0.5, 0.6) is 0 Å². The summed E-state index contributed by atoms with van der Waals surface area (Å²) in [4.78, 5) is 19.5. The molecule has 0 radical (unpaired) electrons. The molecule has 0 aliphatic carbocycles. The predicted molar refractivity (Wildman–Crippen MR) is 225 cm³/mol. The number of aromatic nitrogens is 4. The normalized spacial score (nSPS) is 11.6. The lowest BCUT2D eigenvalue weighted by atomic mass is 9.91. The molecule has 11 aromatic rings. The first kappa shape index (κ1) is 31.8. The topological polar surface area (TPSA) is 77.8 Å². The SMILES string of the molecule is c1ccc(-c2nc(-c3ccccc3)nc(-c3ccc(-c4ccc(-c5ccc6c(c5)oc5cc7oc(-c8ccccc8)nc7cc56)c5ccccc45)cc3)n2)cc1. The Labute approximate surface area is 321 Å². The fraction of sp³-hybridized carbons (Fsp3) is 0. The van der Waals surface area contributed by atoms with Gasteiger partial charge in [0.25, 0.3) is 0 Å². The molecule has 56 heavy (non-hydrogen) atoms. The molecule has 6 nitrogen and oxygen atoms in total. The summed E-state index contributed by atoms with van der Waals surface area (Å²) in [6.07, 6.45) is 0. The Morgan fingerprint density at radius 3 is 1.38 bits per heavy atom. The zero-order chi connectivity index (χ0) is 37.0. The molecule has 0 spiro atoms. The average molecular weight is 719 g/mol. The van der Waals surface area contributed by atoms with E-state index >= 15 is 0 Å². The minimum Gasteiger partial charge on any atom is -0.456 e. The van der Waals surface area contributed by atoms with Gasteiger partial charge in [0.1, 0.15) is 16.7 Å². The van der Waals surface area contributed by atoms with Crippen molar-refractivity contribution in [2.45, 2.75) is 0 Å². The minimum atomic E-state index is 0.601. The van der Waals surface area contributed by atoms with Crippen LogP contribution in [0, 0.1) is 0 Å². The fourth-order valence-electron chi connectivity index (χ4n) is 7.61. The van der Waals surface area contributed by atoms with Crippen molar-refractivity contribution in [1.29, 1.82) is 0 Å². The monoisotopic (exact) mass is 718 g/mol. The Bertz CT molecular complexity index is 3170. The van der Waals surface area contributed by atoms with Crippen LogP contribution in [0.3, 0.4) is 0 Å². The highest BCUT2D eigenvalue weighted by atomic mass is 16.4. The second-order valence-corrected chi connectivity index (χ2v) is 13.8. The first-order valence-corrected chi connectivity index (χ1v) is 18.5. The van der Waals surface area contributed by atoms with Gasteiger partial charge in [-0.25, -0.2) is 19.9 Å². The van der Waals surface area contributed by atoms with Crippen LogP contribution in [-0.4, -0.2) is 19.9 Å². The summed E-state index contributed by atoms with van der Waals surface area (Å²) in [6, 6.07) is 62.0. The fourth-order valence-corrected chi connectivity index (χ4v) is 7.61. The summed E-state index contributed by atoms with van der Waals surface area (Å²) < 4.78 is 12.6. The van der Waals surface area contributed by atoms with E-state index in [4.69, 9.17) is 28.8 Å². The Balaban J connectivity index is 0.947. The molecule has 0 atom stereocenters. The summed E-state index contributed by atoms with van der Waals surface area (Å²) >= 11 is 0. The first-order valence-electron chi connectivity index (χ1n) is 18.5. The van der Waals surface area contributed by atoms with Crippen LogP contribution in [0.2, 0.25) is 0 Å². The lowest BCUT2D eigenvalue weighted by molar-refractivity contribution is 0.617. The number of benzene rings is 8. The third kappa shape index (κ3) is 5.51. The predicted octanol–water partition coefficient (Wildman–Crippen LogP) is 13.1. The maximum atomic E-state index is 6.45. The van der Waals surface area contributed by atoms with Crippen molar-refractivity contribution in [3.63, 3.8) is 0 Å². The highest BCUT2D eigenvalue weighted by molar-refractivity contribution is 6.11. The highest BCUT2D eigenvalue weighted by Crippen LogP contribution is 2.40. The first-order chi connectivity index (χ1) is 27.7. The van der Waals surface area contributed by atoms with Crippen molar-refractivity contribution in [2.24, 2.45) is 0 Å². The quantitative estimate of drug-likeness (QED) is 0.170. The van der Waals surface area contributed by atoms with Crippen LogP contribution in [0.4, 0.5) is 0 Å². The second kappa shape index (κ2) is 13.0. The summed E-state index contributed by atoms with van der Waals surface area (Å²) in [5, 5.41) is 4.39. The van der Waals surface area contributed by atoms with Crippen LogP contribution < -0.4 is 0 Å². The number of fused-ring (bicyclic) bond motifs is 5. The summed E-state index contributed by atoms with van der Waals surface area (Å²) in [5.74, 6) is 2.52. The summed E-state index contributed by atoms with van der Waals surface area (Å²) in [7, 11) is 0. The lowest BCUT2D eigenvalue weighted by Crippen LogP contribution is -2.00. The molecule has 0 fully saturated rings. The number of hydrogen-bond acceptors (Lipinski definition) is 6. The van der Waals surface area contributed by atoms with Gasteiger partial charge in [-0.15, -0.1) is 0 Å². The van der Waals surface area contributed by atoms with Gasteiger partial charge in [-0.3, -0.25) is 0 Å². The van der Waals surface area contributed by atoms with Crippen LogP contribution in [0.15, 0.2) is 191 Å². The van der Waals surface area contributed by atoms with Gasteiger partial charge in [-0.2, -0.15) is 0 Å². The van der Waals surface area contributed by atoms with Crippen molar-refractivity contribution in [1.82, 2.24) is 19.9 Å². The molecule has 0 bridgehead atoms. The van der Waals surface area contributed by atoms with Crippen LogP contribution in [0.1, 0.15) is 0 Å². The van der Waals surface area contributed by atoms with E-state index in [2.05, 4.69) is 84.9 Å². The van der Waals surface area contributed by atoms with Gasteiger partial charge in [0.05, 0.1) is 0 Å². The largest absolute Gasteiger partial charge is 0.456 e. The van der Waals surface area contributed by atoms with Gasteiger partial charge in [-0.05, 0) is 63.4 Å². The molecule has 11 rings (SSSR count). The van der Waals surface area contributed by atoms with Crippen molar-refractivity contribution >= 4 is 43.8 Å². The van der Waals surface area contributed by atoms with E-state index in [1.54, 1.807) is 0 Å². The molecule has 0 amide bonds. The van der Waals surface area contributed by atoms with Crippen molar-refractivity contribution in [3.05, 3.63) is 182 Å². The van der Waals surface area contributed by atoms with Crippen molar-refractivity contribution in [3.8, 4) is 67.9 Å². The van der Waals surface area contributed by atoms with Gasteiger partial charge in [0.2, 0.25) is 5.89 Å². The Morgan fingerprint density at radius 2 is 0.768 bits per heavy atom. The van der Waals surface area contributed by atoms with E-state index in [1.165, 1.54) is 5.39 Å². The van der Waals surface area contributed by atoms with Crippen molar-refractivity contribution in [2.75, 3.05) is 0 Å². The van der Waals surface area contributed by atoms with E-state index in [-0.39, 0.29) is 0 Å². The smallest absolute Gasteiger partial charge is 0.227 e. The highest BCUT2D eigenvalue weighted by Gasteiger charge is 2.17. The molecule has 8 aromatic carbocycles. The molecule has 3 heterocycles. The Hall–Kier alpha value is -7.70. The molecule has 0 N–H and O–H groups in total. The number of hydrogen-bond donors (Lipinski definition) is 0. The molecule has 0 saturated heterocycles. The third-order valence-corrected chi connectivity index (χ3v) is 10.4. The van der Waals surface area contributed by atoms with Gasteiger partial charge in [0, 0.05) is 39.1 Å². The molecular formula is C50H30N4O2.